The lowest BCUT2D eigenvalue weighted by Crippen LogP contribution is -2.47. The molecular weight excluding hydrogens is 600 g/mol. The van der Waals surface area contributed by atoms with Gasteiger partial charge in [-0.2, -0.15) is 0 Å². The lowest BCUT2D eigenvalue weighted by Gasteiger charge is -2.36. The molecule has 0 saturated carbocycles. The molecular formula is C36H46N4O7. The molecule has 1 aromatic heterocycles. The van der Waals surface area contributed by atoms with Crippen LogP contribution in [0, 0.1) is 5.92 Å². The van der Waals surface area contributed by atoms with E-state index in [2.05, 4.69) is 29.2 Å². The van der Waals surface area contributed by atoms with E-state index in [4.69, 9.17) is 18.9 Å². The number of aromatic nitrogens is 1. The van der Waals surface area contributed by atoms with E-state index in [1.54, 1.807) is 47.6 Å². The molecule has 0 bridgehead atoms. The van der Waals surface area contributed by atoms with Crippen LogP contribution in [-0.4, -0.2) is 90.1 Å². The van der Waals surface area contributed by atoms with Crippen molar-refractivity contribution in [3.63, 3.8) is 0 Å². The molecule has 2 N–H and O–H groups in total. The van der Waals surface area contributed by atoms with Gasteiger partial charge in [-0.15, -0.1) is 0 Å². The number of hydrogen-bond acceptors (Lipinski definition) is 9. The topological polar surface area (TPSA) is 123 Å². The molecule has 252 valence electrons. The van der Waals surface area contributed by atoms with Crippen molar-refractivity contribution in [1.29, 1.82) is 0 Å². The quantitative estimate of drug-likeness (QED) is 0.349. The molecule has 3 aromatic rings. The van der Waals surface area contributed by atoms with E-state index in [9.17, 15) is 14.7 Å². The van der Waals surface area contributed by atoms with Crippen molar-refractivity contribution in [1.82, 2.24) is 14.8 Å². The molecule has 3 heterocycles. The minimum Gasteiger partial charge on any atom is -0.490 e. The average molecular weight is 647 g/mol. The Morgan fingerprint density at radius 2 is 1.83 bits per heavy atom. The van der Waals surface area contributed by atoms with Crippen LogP contribution >= 0.6 is 0 Å². The Balaban J connectivity index is 1.38. The first-order valence-electron chi connectivity index (χ1n) is 16.3. The fourth-order valence-corrected chi connectivity index (χ4v) is 5.89. The van der Waals surface area contributed by atoms with E-state index >= 15 is 0 Å². The maximum Gasteiger partial charge on any atom is 0.258 e. The zero-order valence-corrected chi connectivity index (χ0v) is 27.7. The van der Waals surface area contributed by atoms with Crippen molar-refractivity contribution in [2.24, 2.45) is 5.92 Å². The Bertz CT molecular complexity index is 1500. The second-order valence-corrected chi connectivity index (χ2v) is 12.6. The molecule has 2 aliphatic heterocycles. The minimum atomic E-state index is -0.467. The molecule has 0 spiro atoms. The third kappa shape index (κ3) is 9.00. The van der Waals surface area contributed by atoms with Crippen molar-refractivity contribution in [2.75, 3.05) is 45.5 Å². The van der Waals surface area contributed by atoms with Crippen molar-refractivity contribution in [3.05, 3.63) is 77.6 Å². The molecule has 47 heavy (non-hydrogen) atoms. The molecule has 0 unspecified atom stereocenters. The highest BCUT2D eigenvalue weighted by atomic mass is 16.7. The first-order chi connectivity index (χ1) is 22.7. The summed E-state index contributed by atoms with van der Waals surface area (Å²) in [6.45, 7) is 8.21. The summed E-state index contributed by atoms with van der Waals surface area (Å²) >= 11 is 0. The van der Waals surface area contributed by atoms with Crippen molar-refractivity contribution in [2.45, 2.75) is 64.8 Å². The largest absolute Gasteiger partial charge is 0.490 e. The molecule has 0 saturated heterocycles. The zero-order valence-electron chi connectivity index (χ0n) is 27.7. The fourth-order valence-electron chi connectivity index (χ4n) is 5.89. The average Bonchev–Trinajstić information content (AvgIpc) is 3.54. The van der Waals surface area contributed by atoms with Gasteiger partial charge in [0.15, 0.2) is 11.5 Å². The summed E-state index contributed by atoms with van der Waals surface area (Å²) in [6.07, 6.45) is 5.37. The Hall–Kier alpha value is -4.19. The normalized spacial score (nSPS) is 21.0. The fraction of sp³-hybridized carbons (Fsp3) is 0.472. The molecule has 0 radical (unpaired) electrons. The van der Waals surface area contributed by atoms with Gasteiger partial charge in [-0.25, -0.2) is 0 Å². The molecule has 11 nitrogen and oxygen atoms in total. The lowest BCUT2D eigenvalue weighted by atomic mass is 10.0. The molecule has 2 aliphatic rings. The first kappa shape index (κ1) is 34.2. The van der Waals surface area contributed by atoms with E-state index in [0.717, 1.165) is 36.3 Å². The van der Waals surface area contributed by atoms with Crippen LogP contribution in [0.25, 0.3) is 0 Å². The number of carbonyl (C=O) groups excluding carboxylic acids is 2. The minimum absolute atomic E-state index is 0.0621. The molecule has 0 fully saturated rings. The summed E-state index contributed by atoms with van der Waals surface area (Å²) in [7, 11) is 2.06. The summed E-state index contributed by atoms with van der Waals surface area (Å²) in [5.74, 6) is 1.29. The summed E-state index contributed by atoms with van der Waals surface area (Å²) < 4.78 is 23.8. The number of pyridine rings is 1. The van der Waals surface area contributed by atoms with Gasteiger partial charge in [0.1, 0.15) is 5.75 Å². The number of aliphatic hydroxyl groups is 1. The molecule has 11 heteroatoms. The van der Waals surface area contributed by atoms with Crippen LogP contribution in [0.15, 0.2) is 60.9 Å². The first-order valence-corrected chi connectivity index (χ1v) is 16.3. The van der Waals surface area contributed by atoms with E-state index in [-0.39, 0.29) is 43.3 Å². The van der Waals surface area contributed by atoms with Crippen molar-refractivity contribution < 1.29 is 33.6 Å². The molecule has 2 amide bonds. The molecule has 5 rings (SSSR count). The van der Waals surface area contributed by atoms with Gasteiger partial charge in [0, 0.05) is 55.8 Å². The number of fused-ring (bicyclic) bond motifs is 2. The third-order valence-electron chi connectivity index (χ3n) is 8.63. The van der Waals surface area contributed by atoms with Crippen LogP contribution in [-0.2, 0) is 11.3 Å². The SMILES string of the molecule is C[C@H](CO)N1C[C@H](C)[C@H](CN(C)Cc2ccc3c(c2)OCO3)OCCCC[C@H](C)Oc2ccc(NC(=O)c3ccncc3)cc2C1=O. The van der Waals surface area contributed by atoms with Crippen molar-refractivity contribution in [3.8, 4) is 17.2 Å². The number of ether oxygens (including phenoxy) is 4. The van der Waals surface area contributed by atoms with Gasteiger partial charge in [0.2, 0.25) is 6.79 Å². The van der Waals surface area contributed by atoms with Crippen molar-refractivity contribution >= 4 is 17.5 Å². The van der Waals surface area contributed by atoms with Gasteiger partial charge < -0.3 is 34.3 Å². The van der Waals surface area contributed by atoms with Crippen LogP contribution in [0.3, 0.4) is 0 Å². The second-order valence-electron chi connectivity index (χ2n) is 12.6. The summed E-state index contributed by atoms with van der Waals surface area (Å²) in [5, 5.41) is 13.1. The van der Waals surface area contributed by atoms with E-state index < -0.39 is 6.04 Å². The van der Waals surface area contributed by atoms with Gasteiger partial charge in [-0.3, -0.25) is 19.5 Å². The number of rotatable bonds is 8. The van der Waals surface area contributed by atoms with Gasteiger partial charge in [-0.05, 0) is 88.2 Å². The van der Waals surface area contributed by atoms with Crippen LogP contribution in [0.2, 0.25) is 0 Å². The number of amides is 2. The number of nitrogens with one attached hydrogen (secondary N) is 1. The number of aliphatic hydroxyl groups excluding tert-OH is 1. The maximum absolute atomic E-state index is 14.4. The Kier molecular flexibility index (Phi) is 11.7. The van der Waals surface area contributed by atoms with Crippen LogP contribution < -0.4 is 19.5 Å². The number of likely N-dealkylation sites (N-methyl/N-ethyl adjacent to an activating group) is 1. The van der Waals surface area contributed by atoms with Gasteiger partial charge in [0.25, 0.3) is 11.8 Å². The Morgan fingerprint density at radius 3 is 2.62 bits per heavy atom. The highest BCUT2D eigenvalue weighted by molar-refractivity contribution is 6.05. The number of anilines is 1. The summed E-state index contributed by atoms with van der Waals surface area (Å²) in [5.41, 5.74) is 2.35. The lowest BCUT2D eigenvalue weighted by molar-refractivity contribution is -0.0177. The smallest absolute Gasteiger partial charge is 0.258 e. The Labute approximate surface area is 276 Å². The molecule has 4 atom stereocenters. The van der Waals surface area contributed by atoms with Gasteiger partial charge >= 0.3 is 0 Å². The highest BCUT2D eigenvalue weighted by Crippen LogP contribution is 2.33. The van der Waals surface area contributed by atoms with E-state index in [0.29, 0.717) is 48.8 Å². The molecule has 0 aliphatic carbocycles. The van der Waals surface area contributed by atoms with Crippen LogP contribution in [0.4, 0.5) is 5.69 Å². The number of carbonyl (C=O) groups is 2. The number of benzene rings is 2. The summed E-state index contributed by atoms with van der Waals surface area (Å²) in [6, 6.07) is 13.9. The second kappa shape index (κ2) is 16.1. The number of nitrogens with zero attached hydrogens (tertiary/aromatic N) is 3. The summed E-state index contributed by atoms with van der Waals surface area (Å²) in [4.78, 5) is 35.2. The standard InChI is InChI=1S/C36H46N4O7/c1-24-19-40(25(2)22-41)36(43)30-18-29(38-35(42)28-12-14-37-15-13-28)9-11-31(30)47-26(3)7-5-6-16-44-34(24)21-39(4)20-27-8-10-32-33(17-27)46-23-45-32/h8-15,17-18,24-26,34,41H,5-7,16,19-23H2,1-4H3,(H,38,42)/t24-,25+,26-,34-/m0/s1. The zero-order chi connectivity index (χ0) is 33.3. The van der Waals surface area contributed by atoms with Gasteiger partial charge in [0.05, 0.1) is 30.4 Å². The highest BCUT2D eigenvalue weighted by Gasteiger charge is 2.30. The number of hydrogen-bond donors (Lipinski definition) is 2. The Morgan fingerprint density at radius 1 is 1.06 bits per heavy atom. The third-order valence-corrected chi connectivity index (χ3v) is 8.63. The predicted octanol–water partition coefficient (Wildman–Crippen LogP) is 4.99. The maximum atomic E-state index is 14.4. The predicted molar refractivity (Wildman–Crippen MR) is 178 cm³/mol. The van der Waals surface area contributed by atoms with Gasteiger partial charge in [-0.1, -0.05) is 13.0 Å². The van der Waals surface area contributed by atoms with Crippen LogP contribution in [0.5, 0.6) is 17.2 Å². The van der Waals surface area contributed by atoms with Crippen LogP contribution in [0.1, 0.15) is 66.3 Å². The monoisotopic (exact) mass is 646 g/mol. The van der Waals surface area contributed by atoms with E-state index in [1.807, 2.05) is 32.0 Å². The molecule has 2 aromatic carbocycles. The van der Waals surface area contributed by atoms with E-state index in [1.165, 1.54) is 0 Å².